The summed E-state index contributed by atoms with van der Waals surface area (Å²) in [5.41, 5.74) is 0.00318. The van der Waals surface area contributed by atoms with Gasteiger partial charge in [0, 0.05) is 18.5 Å². The molecule has 0 amide bonds. The van der Waals surface area contributed by atoms with Crippen molar-refractivity contribution < 1.29 is 4.79 Å². The van der Waals surface area contributed by atoms with Crippen LogP contribution in [0.1, 0.15) is 51.4 Å². The average molecular weight is 310 g/mol. The van der Waals surface area contributed by atoms with Crippen LogP contribution >= 0.6 is 24.0 Å². The molecule has 0 aromatic carbocycles. The molecule has 4 heteroatoms. The maximum atomic E-state index is 12.9. The molecule has 4 saturated carbocycles. The van der Waals surface area contributed by atoms with Gasteiger partial charge in [0.2, 0.25) is 5.12 Å². The summed E-state index contributed by atoms with van der Waals surface area (Å²) in [6.07, 6.45) is 10.1. The second kappa shape index (κ2) is 4.98. The van der Waals surface area contributed by atoms with Crippen LogP contribution in [0.25, 0.3) is 0 Å². The highest BCUT2D eigenvalue weighted by molar-refractivity contribution is 8.32. The molecule has 0 aromatic rings. The van der Waals surface area contributed by atoms with E-state index in [0.29, 0.717) is 5.12 Å². The molecule has 0 spiro atoms. The minimum absolute atomic E-state index is 0.00318. The van der Waals surface area contributed by atoms with Gasteiger partial charge >= 0.3 is 0 Å². The quantitative estimate of drug-likeness (QED) is 0.685. The van der Waals surface area contributed by atoms with Gasteiger partial charge < -0.3 is 4.90 Å². The number of thiocarbonyl (C=S) groups is 1. The fourth-order valence-electron chi connectivity index (χ4n) is 5.51. The van der Waals surface area contributed by atoms with Crippen LogP contribution in [-0.4, -0.2) is 27.4 Å². The van der Waals surface area contributed by atoms with Crippen LogP contribution in [-0.2, 0) is 4.79 Å². The highest BCUT2D eigenvalue weighted by atomic mass is 32.2. The molecule has 5 fully saturated rings. The zero-order valence-electron chi connectivity index (χ0n) is 12.0. The molecule has 2 nitrogen and oxygen atoms in total. The number of hydrogen-bond donors (Lipinski definition) is 0. The first-order valence-electron chi connectivity index (χ1n) is 8.16. The largest absolute Gasteiger partial charge is 0.357 e. The Balaban J connectivity index is 1.46. The van der Waals surface area contributed by atoms with Gasteiger partial charge in [-0.1, -0.05) is 12.2 Å². The number of carbonyl (C=O) groups excluding carboxylic acids is 1. The lowest BCUT2D eigenvalue weighted by Crippen LogP contribution is -2.49. The summed E-state index contributed by atoms with van der Waals surface area (Å²) in [7, 11) is 0. The number of carbonyl (C=O) groups is 1. The lowest BCUT2D eigenvalue weighted by Gasteiger charge is -2.55. The summed E-state index contributed by atoms with van der Waals surface area (Å²) in [5.74, 6) is 2.52. The van der Waals surface area contributed by atoms with E-state index in [4.69, 9.17) is 12.2 Å². The van der Waals surface area contributed by atoms with Crippen molar-refractivity contribution >= 4 is 33.4 Å². The summed E-state index contributed by atoms with van der Waals surface area (Å²) < 4.78 is 0.850. The third-order valence-corrected chi connectivity index (χ3v) is 7.57. The van der Waals surface area contributed by atoms with E-state index in [2.05, 4.69) is 4.90 Å². The molecule has 5 rings (SSSR count). The van der Waals surface area contributed by atoms with Gasteiger partial charge in [-0.15, -0.1) is 0 Å². The highest BCUT2D eigenvalue weighted by Gasteiger charge is 2.54. The van der Waals surface area contributed by atoms with E-state index in [0.717, 1.165) is 54.4 Å². The molecule has 0 radical (unpaired) electrons. The second-order valence-corrected chi connectivity index (χ2v) is 9.15. The van der Waals surface area contributed by atoms with Crippen LogP contribution in [0.3, 0.4) is 0 Å². The van der Waals surface area contributed by atoms with Crippen molar-refractivity contribution in [3.63, 3.8) is 0 Å². The van der Waals surface area contributed by atoms with E-state index in [1.165, 1.54) is 43.9 Å². The van der Waals surface area contributed by atoms with E-state index in [1.54, 1.807) is 0 Å². The fraction of sp³-hybridized carbons (Fsp3) is 0.875. The molecule has 0 aromatic heterocycles. The summed E-state index contributed by atoms with van der Waals surface area (Å²) in [6, 6.07) is 0. The average Bonchev–Trinajstić information content (AvgIpc) is 2.90. The first-order chi connectivity index (χ1) is 9.64. The van der Waals surface area contributed by atoms with Crippen LogP contribution in [0.5, 0.6) is 0 Å². The molecule has 1 heterocycles. The Morgan fingerprint density at radius 3 is 2.00 bits per heavy atom. The number of nitrogens with zero attached hydrogens (tertiary/aromatic N) is 1. The molecule has 5 aliphatic rings. The summed E-state index contributed by atoms with van der Waals surface area (Å²) in [5, 5.41) is 0.411. The normalized spacial score (nSPS) is 42.2. The molecular formula is C16H23NOS2. The smallest absolute Gasteiger partial charge is 0.202 e. The van der Waals surface area contributed by atoms with Crippen LogP contribution < -0.4 is 0 Å². The van der Waals surface area contributed by atoms with Gasteiger partial charge in [-0.2, -0.15) is 0 Å². The van der Waals surface area contributed by atoms with Crippen molar-refractivity contribution in [2.24, 2.45) is 23.2 Å². The zero-order chi connectivity index (χ0) is 13.7. The maximum Gasteiger partial charge on any atom is 0.202 e. The van der Waals surface area contributed by atoms with Crippen LogP contribution in [0.2, 0.25) is 0 Å². The van der Waals surface area contributed by atoms with Crippen molar-refractivity contribution in [1.29, 1.82) is 0 Å². The molecule has 110 valence electrons. The lowest BCUT2D eigenvalue weighted by atomic mass is 9.50. The van der Waals surface area contributed by atoms with Crippen molar-refractivity contribution in [3.8, 4) is 0 Å². The minimum Gasteiger partial charge on any atom is -0.357 e. The molecule has 4 aliphatic carbocycles. The molecule has 20 heavy (non-hydrogen) atoms. The van der Waals surface area contributed by atoms with E-state index >= 15 is 0 Å². The van der Waals surface area contributed by atoms with Gasteiger partial charge in [0.1, 0.15) is 4.32 Å². The predicted octanol–water partition coefficient (Wildman–Crippen LogP) is 3.84. The van der Waals surface area contributed by atoms with E-state index < -0.39 is 0 Å². The Bertz CT molecular complexity index is 406. The van der Waals surface area contributed by atoms with Gasteiger partial charge in [-0.25, -0.2) is 0 Å². The van der Waals surface area contributed by atoms with Crippen molar-refractivity contribution in [2.45, 2.75) is 51.4 Å². The number of likely N-dealkylation sites (tertiary alicyclic amines) is 1. The molecular weight excluding hydrogens is 286 g/mol. The second-order valence-electron chi connectivity index (χ2n) is 7.55. The molecule has 0 N–H and O–H groups in total. The first kappa shape index (κ1) is 13.6. The minimum atomic E-state index is 0.00318. The summed E-state index contributed by atoms with van der Waals surface area (Å²) >= 11 is 6.92. The SMILES string of the molecule is O=C(SC(=S)N1CCCC1)C12CC3CC(CC(C3)C1)C2. The predicted molar refractivity (Wildman–Crippen MR) is 86.6 cm³/mol. The Labute approximate surface area is 131 Å². The Hall–Kier alpha value is -0.0900. The van der Waals surface area contributed by atoms with E-state index in [1.807, 2.05) is 0 Å². The Kier molecular flexibility index (Phi) is 3.38. The molecule has 0 unspecified atom stereocenters. The van der Waals surface area contributed by atoms with Crippen LogP contribution in [0, 0.1) is 23.2 Å². The van der Waals surface area contributed by atoms with Crippen LogP contribution in [0.15, 0.2) is 0 Å². The molecule has 0 atom stereocenters. The van der Waals surface area contributed by atoms with E-state index in [-0.39, 0.29) is 5.41 Å². The van der Waals surface area contributed by atoms with Gasteiger partial charge in [0.15, 0.2) is 0 Å². The van der Waals surface area contributed by atoms with Crippen molar-refractivity contribution in [3.05, 3.63) is 0 Å². The van der Waals surface area contributed by atoms with Crippen molar-refractivity contribution in [1.82, 2.24) is 4.90 Å². The lowest BCUT2D eigenvalue weighted by molar-refractivity contribution is -0.134. The standard InChI is InChI=1S/C16H23NOS2/c18-14(20-15(19)17-3-1-2-4-17)16-8-11-5-12(9-16)7-13(6-11)10-16/h11-13H,1-10H2. The zero-order valence-corrected chi connectivity index (χ0v) is 13.6. The van der Waals surface area contributed by atoms with Crippen molar-refractivity contribution in [2.75, 3.05) is 13.1 Å². The van der Waals surface area contributed by atoms with Gasteiger partial charge in [-0.05, 0) is 80.9 Å². The first-order valence-corrected chi connectivity index (χ1v) is 9.38. The van der Waals surface area contributed by atoms with Gasteiger partial charge in [0.25, 0.3) is 0 Å². The third-order valence-electron chi connectivity index (χ3n) is 6.02. The third kappa shape index (κ3) is 2.23. The monoisotopic (exact) mass is 309 g/mol. The summed E-state index contributed by atoms with van der Waals surface area (Å²) in [4.78, 5) is 15.1. The van der Waals surface area contributed by atoms with Gasteiger partial charge in [0.05, 0.1) is 0 Å². The molecule has 1 aliphatic heterocycles. The number of hydrogen-bond acceptors (Lipinski definition) is 3. The topological polar surface area (TPSA) is 20.3 Å². The fourth-order valence-corrected chi connectivity index (χ4v) is 6.86. The van der Waals surface area contributed by atoms with Crippen LogP contribution in [0.4, 0.5) is 0 Å². The highest BCUT2D eigenvalue weighted by Crippen LogP contribution is 2.61. The molecule has 4 bridgehead atoms. The number of thioether (sulfide) groups is 1. The summed E-state index contributed by atoms with van der Waals surface area (Å²) in [6.45, 7) is 2.11. The van der Waals surface area contributed by atoms with E-state index in [9.17, 15) is 4.79 Å². The Morgan fingerprint density at radius 2 is 1.50 bits per heavy atom. The molecule has 1 saturated heterocycles. The van der Waals surface area contributed by atoms with Gasteiger partial charge in [-0.3, -0.25) is 4.79 Å². The Morgan fingerprint density at radius 1 is 1.00 bits per heavy atom. The maximum absolute atomic E-state index is 12.9. The number of rotatable bonds is 1.